The van der Waals surface area contributed by atoms with Gasteiger partial charge in [0.15, 0.2) is 0 Å². The largest absolute Gasteiger partial charge is 0.409 e. The molecule has 1 saturated heterocycles. The average molecular weight is 356 g/mol. The van der Waals surface area contributed by atoms with Gasteiger partial charge < -0.3 is 0 Å². The summed E-state index contributed by atoms with van der Waals surface area (Å²) in [5.74, 6) is -0.380. The van der Waals surface area contributed by atoms with Crippen LogP contribution in [0, 0.1) is 5.41 Å². The number of nitrogens with one attached hydrogen (secondary N) is 1. The zero-order valence-corrected chi connectivity index (χ0v) is 15.1. The molecule has 1 aliphatic rings. The third kappa shape index (κ3) is 4.97. The second-order valence-corrected chi connectivity index (χ2v) is 7.45. The zero-order chi connectivity index (χ0) is 18.7. The molecule has 0 aromatic heterocycles. The summed E-state index contributed by atoms with van der Waals surface area (Å²) >= 11 is 0. The van der Waals surface area contributed by atoms with E-state index in [0.29, 0.717) is 0 Å². The van der Waals surface area contributed by atoms with E-state index in [-0.39, 0.29) is 18.0 Å². The summed E-state index contributed by atoms with van der Waals surface area (Å²) < 4.78 is 40.9. The molecule has 1 atom stereocenters. The van der Waals surface area contributed by atoms with Crippen LogP contribution in [0.25, 0.3) is 0 Å². The van der Waals surface area contributed by atoms with Crippen molar-refractivity contribution in [1.29, 1.82) is 0 Å². The summed E-state index contributed by atoms with van der Waals surface area (Å²) in [5, 5.41) is 1.01. The van der Waals surface area contributed by atoms with Gasteiger partial charge in [-0.05, 0) is 37.8 Å². The molecule has 1 aliphatic heterocycles. The molecule has 0 saturated carbocycles. The highest BCUT2D eigenvalue weighted by Gasteiger charge is 2.51. The van der Waals surface area contributed by atoms with Crippen LogP contribution in [0.3, 0.4) is 0 Å². The van der Waals surface area contributed by atoms with Gasteiger partial charge in [0, 0.05) is 6.54 Å². The Labute approximate surface area is 147 Å². The molecule has 1 aromatic rings. The maximum absolute atomic E-state index is 13.6. The van der Waals surface area contributed by atoms with Crippen LogP contribution in [-0.4, -0.2) is 23.6 Å². The molecule has 1 aromatic carbocycles. The lowest BCUT2D eigenvalue weighted by Crippen LogP contribution is -2.43. The lowest BCUT2D eigenvalue weighted by molar-refractivity contribution is -0.191. The molecule has 0 aliphatic carbocycles. The maximum atomic E-state index is 13.6. The Balaban J connectivity index is 2.13. The third-order valence-corrected chi connectivity index (χ3v) is 4.66. The fraction of sp³-hybridized carbons (Fsp3) is 0.632. The van der Waals surface area contributed by atoms with Gasteiger partial charge in [-0.15, -0.1) is 0 Å². The lowest BCUT2D eigenvalue weighted by atomic mass is 9.93. The molecule has 0 radical (unpaired) electrons. The van der Waals surface area contributed by atoms with Crippen molar-refractivity contribution in [3.05, 3.63) is 35.4 Å². The van der Waals surface area contributed by atoms with E-state index in [1.807, 2.05) is 0 Å². The first-order chi connectivity index (χ1) is 11.6. The number of carbonyl (C=O) groups excluding carboxylic acids is 1. The molecule has 2 rings (SSSR count). The standard InChI is InChI=1S/C19H27F3N2O/c1-4-5-6-7-8-14-9-11-15(12-10-14)16(19(20,21)22)24-13-18(2,3)17(25)23-24/h9-12,16H,4-8,13H2,1-3H3,(H,23,25)/t16-/m0/s1. The number of nitrogens with zero attached hydrogens (tertiary/aromatic N) is 1. The molecular formula is C19H27F3N2O. The SMILES string of the molecule is CCCCCCc1ccc([C@H](N2CC(C)(C)C(=O)N2)C(F)(F)F)cc1. The second-order valence-electron chi connectivity index (χ2n) is 7.45. The number of alkyl halides is 3. The van der Waals surface area contributed by atoms with E-state index in [0.717, 1.165) is 36.3 Å². The van der Waals surface area contributed by atoms with Gasteiger partial charge in [-0.3, -0.25) is 10.2 Å². The number of hydrogen-bond donors (Lipinski definition) is 1. The van der Waals surface area contributed by atoms with Crippen LogP contribution in [0.15, 0.2) is 24.3 Å². The summed E-state index contributed by atoms with van der Waals surface area (Å²) in [5.41, 5.74) is 2.76. The third-order valence-electron chi connectivity index (χ3n) is 4.66. The van der Waals surface area contributed by atoms with E-state index in [1.54, 1.807) is 26.0 Å². The summed E-state index contributed by atoms with van der Waals surface area (Å²) in [6, 6.07) is 4.77. The molecule has 1 heterocycles. The summed E-state index contributed by atoms with van der Waals surface area (Å²) in [4.78, 5) is 11.9. The van der Waals surface area contributed by atoms with Gasteiger partial charge in [0.05, 0.1) is 5.41 Å². The maximum Gasteiger partial charge on any atom is 0.409 e. The van der Waals surface area contributed by atoms with E-state index in [9.17, 15) is 18.0 Å². The fourth-order valence-corrected chi connectivity index (χ4v) is 3.14. The van der Waals surface area contributed by atoms with Crippen molar-refractivity contribution in [3.63, 3.8) is 0 Å². The van der Waals surface area contributed by atoms with Gasteiger partial charge >= 0.3 is 6.18 Å². The van der Waals surface area contributed by atoms with Crippen LogP contribution in [0.2, 0.25) is 0 Å². The van der Waals surface area contributed by atoms with E-state index < -0.39 is 17.6 Å². The molecule has 0 unspecified atom stereocenters. The van der Waals surface area contributed by atoms with Crippen molar-refractivity contribution in [3.8, 4) is 0 Å². The topological polar surface area (TPSA) is 32.3 Å². The Bertz CT molecular complexity index is 581. The smallest absolute Gasteiger partial charge is 0.287 e. The Morgan fingerprint density at radius 1 is 1.16 bits per heavy atom. The predicted octanol–water partition coefficient (Wildman–Crippen LogP) is 4.79. The predicted molar refractivity (Wildman–Crippen MR) is 91.7 cm³/mol. The van der Waals surface area contributed by atoms with E-state index in [2.05, 4.69) is 12.3 Å². The monoisotopic (exact) mass is 356 g/mol. The molecule has 1 fully saturated rings. The van der Waals surface area contributed by atoms with Crippen LogP contribution in [0.4, 0.5) is 13.2 Å². The van der Waals surface area contributed by atoms with Gasteiger partial charge in [-0.1, -0.05) is 50.5 Å². The Kier molecular flexibility index (Phi) is 6.14. The van der Waals surface area contributed by atoms with Crippen LogP contribution in [0.5, 0.6) is 0 Å². The fourth-order valence-electron chi connectivity index (χ4n) is 3.14. The van der Waals surface area contributed by atoms with Gasteiger partial charge in [0.25, 0.3) is 0 Å². The number of amides is 1. The number of benzene rings is 1. The van der Waals surface area contributed by atoms with Gasteiger partial charge in [0.2, 0.25) is 5.91 Å². The Morgan fingerprint density at radius 3 is 2.28 bits per heavy atom. The van der Waals surface area contributed by atoms with E-state index in [4.69, 9.17) is 0 Å². The molecule has 1 amide bonds. The summed E-state index contributed by atoms with van der Waals surface area (Å²) in [7, 11) is 0. The summed E-state index contributed by atoms with van der Waals surface area (Å²) in [6.07, 6.45) is 0.939. The first-order valence-electron chi connectivity index (χ1n) is 8.88. The highest BCUT2D eigenvalue weighted by atomic mass is 19.4. The highest BCUT2D eigenvalue weighted by Crippen LogP contribution is 2.40. The minimum atomic E-state index is -4.46. The minimum absolute atomic E-state index is 0.0226. The number of hydrazine groups is 1. The van der Waals surface area contributed by atoms with Crippen LogP contribution < -0.4 is 5.43 Å². The normalized spacial score (nSPS) is 19.0. The number of aryl methyl sites for hydroxylation is 1. The molecule has 25 heavy (non-hydrogen) atoms. The number of carbonyl (C=O) groups is 1. The van der Waals surface area contributed by atoms with Crippen molar-refractivity contribution in [1.82, 2.24) is 10.4 Å². The minimum Gasteiger partial charge on any atom is -0.287 e. The van der Waals surface area contributed by atoms with Crippen molar-refractivity contribution < 1.29 is 18.0 Å². The van der Waals surface area contributed by atoms with Crippen LogP contribution in [-0.2, 0) is 11.2 Å². The number of rotatable bonds is 7. The van der Waals surface area contributed by atoms with E-state index in [1.165, 1.54) is 18.6 Å². The van der Waals surface area contributed by atoms with Crippen molar-refractivity contribution in [2.24, 2.45) is 5.41 Å². The quantitative estimate of drug-likeness (QED) is 0.713. The van der Waals surface area contributed by atoms with Crippen molar-refractivity contribution in [2.75, 3.05) is 6.54 Å². The average Bonchev–Trinajstić information content (AvgIpc) is 2.77. The molecule has 140 valence electrons. The van der Waals surface area contributed by atoms with Crippen LogP contribution >= 0.6 is 0 Å². The highest BCUT2D eigenvalue weighted by molar-refractivity contribution is 5.83. The van der Waals surface area contributed by atoms with Gasteiger partial charge in [0.1, 0.15) is 6.04 Å². The molecule has 0 spiro atoms. The molecule has 6 heteroatoms. The Hall–Kier alpha value is -1.56. The van der Waals surface area contributed by atoms with Gasteiger partial charge in [-0.25, -0.2) is 5.01 Å². The zero-order valence-electron chi connectivity index (χ0n) is 15.1. The van der Waals surface area contributed by atoms with Crippen LogP contribution in [0.1, 0.15) is 63.6 Å². The molecule has 1 N–H and O–H groups in total. The van der Waals surface area contributed by atoms with Crippen molar-refractivity contribution >= 4 is 5.91 Å². The summed E-state index contributed by atoms with van der Waals surface area (Å²) in [6.45, 7) is 5.46. The van der Waals surface area contributed by atoms with Gasteiger partial charge in [-0.2, -0.15) is 13.2 Å². The molecule has 3 nitrogen and oxygen atoms in total. The first-order valence-corrected chi connectivity index (χ1v) is 8.88. The number of halogens is 3. The Morgan fingerprint density at radius 2 is 1.80 bits per heavy atom. The van der Waals surface area contributed by atoms with Crippen molar-refractivity contribution in [2.45, 2.75) is 65.1 Å². The molecule has 0 bridgehead atoms. The number of unbranched alkanes of at least 4 members (excludes halogenated alkanes) is 3. The van der Waals surface area contributed by atoms with E-state index >= 15 is 0 Å². The molecular weight excluding hydrogens is 329 g/mol. The second kappa shape index (κ2) is 7.77. The number of hydrogen-bond acceptors (Lipinski definition) is 2. The first kappa shape index (κ1) is 19.8. The lowest BCUT2D eigenvalue weighted by Gasteiger charge is -2.30.